The first-order chi connectivity index (χ1) is 11.9. The fraction of sp³-hybridized carbons (Fsp3) is 0.500. The van der Waals surface area contributed by atoms with E-state index in [0.29, 0.717) is 5.58 Å². The van der Waals surface area contributed by atoms with Gasteiger partial charge in [0.2, 0.25) is 0 Å². The van der Waals surface area contributed by atoms with Gasteiger partial charge in [0.25, 0.3) is 0 Å². The summed E-state index contributed by atoms with van der Waals surface area (Å²) in [5.41, 5.74) is 2.25. The van der Waals surface area contributed by atoms with Crippen LogP contribution < -0.4 is 5.76 Å². The minimum absolute atomic E-state index is 0.213. The fourth-order valence-corrected chi connectivity index (χ4v) is 3.83. The zero-order valence-electron chi connectivity index (χ0n) is 15.2. The molecule has 25 heavy (non-hydrogen) atoms. The number of benzene rings is 1. The Balaban J connectivity index is 1.85. The van der Waals surface area contributed by atoms with Crippen LogP contribution in [-0.2, 0) is 12.0 Å². The van der Waals surface area contributed by atoms with Gasteiger partial charge in [-0.15, -0.1) is 0 Å². The Labute approximate surface area is 147 Å². The first kappa shape index (κ1) is 16.3. The number of hydrogen-bond donors (Lipinski definition) is 0. The quantitative estimate of drug-likeness (QED) is 0.732. The van der Waals surface area contributed by atoms with Crippen LogP contribution in [0.2, 0.25) is 0 Å². The monoisotopic (exact) mass is 339 g/mol. The summed E-state index contributed by atoms with van der Waals surface area (Å²) in [7, 11) is 0. The topological polar surface area (TPSA) is 51.3 Å². The van der Waals surface area contributed by atoms with Gasteiger partial charge in [0.1, 0.15) is 0 Å². The van der Waals surface area contributed by atoms with Crippen molar-refractivity contribution in [3.05, 3.63) is 40.6 Å². The van der Waals surface area contributed by atoms with Crippen molar-refractivity contribution in [3.8, 4) is 0 Å². The molecule has 0 atom stereocenters. The lowest BCUT2D eigenvalue weighted by Crippen LogP contribution is -2.24. The van der Waals surface area contributed by atoms with Crippen LogP contribution in [0.1, 0.15) is 39.3 Å². The van der Waals surface area contributed by atoms with Gasteiger partial charge in [-0.1, -0.05) is 26.8 Å². The number of likely N-dealkylation sites (tertiary alicyclic amines) is 1. The SMILES string of the molecule is CC(C)(C)c1nc(=O)oc2c1ccc1ccn(CCN3CCCC3)c12. The van der Waals surface area contributed by atoms with Crippen molar-refractivity contribution in [2.24, 2.45) is 0 Å². The zero-order chi connectivity index (χ0) is 17.6. The lowest BCUT2D eigenvalue weighted by molar-refractivity contribution is 0.324. The molecule has 1 saturated heterocycles. The van der Waals surface area contributed by atoms with Crippen LogP contribution in [0.3, 0.4) is 0 Å². The molecule has 4 rings (SSSR count). The summed E-state index contributed by atoms with van der Waals surface area (Å²) in [6.45, 7) is 10.5. The lowest BCUT2D eigenvalue weighted by Gasteiger charge is -2.19. The molecule has 1 fully saturated rings. The molecule has 0 bridgehead atoms. The highest BCUT2D eigenvalue weighted by Gasteiger charge is 2.22. The maximum atomic E-state index is 12.1. The maximum Gasteiger partial charge on any atom is 0.439 e. The number of nitrogens with zero attached hydrogens (tertiary/aromatic N) is 3. The van der Waals surface area contributed by atoms with Crippen molar-refractivity contribution in [2.45, 2.75) is 45.6 Å². The number of hydrogen-bond acceptors (Lipinski definition) is 4. The second kappa shape index (κ2) is 5.99. The molecule has 1 aromatic carbocycles. The van der Waals surface area contributed by atoms with E-state index < -0.39 is 5.76 Å². The van der Waals surface area contributed by atoms with Gasteiger partial charge in [0.05, 0.1) is 11.2 Å². The van der Waals surface area contributed by atoms with Gasteiger partial charge in [-0.25, -0.2) is 4.79 Å². The summed E-state index contributed by atoms with van der Waals surface area (Å²) in [5, 5.41) is 2.03. The number of fused-ring (bicyclic) bond motifs is 3. The summed E-state index contributed by atoms with van der Waals surface area (Å²) in [5.74, 6) is -0.516. The molecule has 0 saturated carbocycles. The summed E-state index contributed by atoms with van der Waals surface area (Å²) in [6, 6.07) is 6.22. The van der Waals surface area contributed by atoms with Crippen LogP contribution in [0.4, 0.5) is 0 Å². The molecule has 0 aliphatic carbocycles. The van der Waals surface area contributed by atoms with Crippen molar-refractivity contribution < 1.29 is 4.42 Å². The van der Waals surface area contributed by atoms with E-state index in [1.807, 2.05) is 6.07 Å². The molecule has 0 N–H and O–H groups in total. The zero-order valence-corrected chi connectivity index (χ0v) is 15.2. The van der Waals surface area contributed by atoms with Gasteiger partial charge in [-0.3, -0.25) is 0 Å². The molecule has 5 nitrogen and oxygen atoms in total. The molecule has 3 aromatic rings. The number of aromatic nitrogens is 2. The first-order valence-electron chi connectivity index (χ1n) is 9.09. The largest absolute Gasteiger partial charge is 0.439 e. The Morgan fingerprint density at radius 1 is 1.12 bits per heavy atom. The standard InChI is InChI=1S/C20H25N3O2/c1-20(2,3)18-15-7-6-14-8-11-23(13-12-22-9-4-5-10-22)16(14)17(15)25-19(24)21-18/h6-8,11H,4-5,9-10,12-13H2,1-3H3. The Bertz CT molecular complexity index is 972. The van der Waals surface area contributed by atoms with E-state index in [-0.39, 0.29) is 5.41 Å². The highest BCUT2D eigenvalue weighted by molar-refractivity contribution is 6.03. The van der Waals surface area contributed by atoms with Crippen molar-refractivity contribution in [2.75, 3.05) is 19.6 Å². The molecule has 132 valence electrons. The average Bonchev–Trinajstić information content (AvgIpc) is 3.20. The minimum Gasteiger partial charge on any atom is -0.406 e. The van der Waals surface area contributed by atoms with Crippen molar-refractivity contribution in [3.63, 3.8) is 0 Å². The normalized spacial score (nSPS) is 16.3. The summed E-state index contributed by atoms with van der Waals surface area (Å²) in [4.78, 5) is 18.8. The van der Waals surface area contributed by atoms with Crippen LogP contribution in [0.25, 0.3) is 21.9 Å². The third-order valence-corrected chi connectivity index (χ3v) is 5.10. The van der Waals surface area contributed by atoms with E-state index in [4.69, 9.17) is 4.42 Å². The number of rotatable bonds is 3. The molecule has 5 heteroatoms. The van der Waals surface area contributed by atoms with Gasteiger partial charge in [-0.05, 0) is 38.1 Å². The van der Waals surface area contributed by atoms with Crippen molar-refractivity contribution in [1.29, 1.82) is 0 Å². The molecule has 1 aliphatic heterocycles. The molecular formula is C20H25N3O2. The summed E-state index contributed by atoms with van der Waals surface area (Å²) < 4.78 is 7.79. The van der Waals surface area contributed by atoms with Crippen LogP contribution in [0.5, 0.6) is 0 Å². The van der Waals surface area contributed by atoms with Gasteiger partial charge >= 0.3 is 5.76 Å². The third kappa shape index (κ3) is 2.97. The van der Waals surface area contributed by atoms with E-state index >= 15 is 0 Å². The minimum atomic E-state index is -0.516. The van der Waals surface area contributed by atoms with Gasteiger partial charge in [0, 0.05) is 35.5 Å². The molecule has 0 unspecified atom stereocenters. The Kier molecular flexibility index (Phi) is 3.91. The second-order valence-corrected chi connectivity index (χ2v) is 8.02. The van der Waals surface area contributed by atoms with E-state index in [1.165, 1.54) is 25.9 Å². The third-order valence-electron chi connectivity index (χ3n) is 5.10. The van der Waals surface area contributed by atoms with Gasteiger partial charge in [0.15, 0.2) is 5.58 Å². The predicted octanol–water partition coefficient (Wildman–Crippen LogP) is 3.54. The molecule has 0 amide bonds. The fourth-order valence-electron chi connectivity index (χ4n) is 3.83. The van der Waals surface area contributed by atoms with E-state index in [9.17, 15) is 4.79 Å². The lowest BCUT2D eigenvalue weighted by atomic mass is 9.89. The Morgan fingerprint density at radius 3 is 2.60 bits per heavy atom. The van der Waals surface area contributed by atoms with Crippen LogP contribution in [0.15, 0.2) is 33.6 Å². The van der Waals surface area contributed by atoms with Crippen LogP contribution >= 0.6 is 0 Å². The highest BCUT2D eigenvalue weighted by atomic mass is 16.4. The second-order valence-electron chi connectivity index (χ2n) is 8.02. The van der Waals surface area contributed by atoms with Crippen LogP contribution in [-0.4, -0.2) is 34.1 Å². The summed E-state index contributed by atoms with van der Waals surface area (Å²) >= 11 is 0. The molecule has 1 aliphatic rings. The maximum absolute atomic E-state index is 12.1. The molecule has 3 heterocycles. The molecule has 0 radical (unpaired) electrons. The van der Waals surface area contributed by atoms with Gasteiger partial charge < -0.3 is 13.9 Å². The first-order valence-corrected chi connectivity index (χ1v) is 9.09. The Hall–Kier alpha value is -2.14. The Morgan fingerprint density at radius 2 is 1.88 bits per heavy atom. The van der Waals surface area contributed by atoms with Crippen molar-refractivity contribution in [1.82, 2.24) is 14.5 Å². The molecule has 2 aromatic heterocycles. The van der Waals surface area contributed by atoms with Gasteiger partial charge in [-0.2, -0.15) is 4.98 Å². The average molecular weight is 339 g/mol. The van der Waals surface area contributed by atoms with E-state index in [1.54, 1.807) is 0 Å². The molecule has 0 spiro atoms. The van der Waals surface area contributed by atoms with Crippen LogP contribution in [0, 0.1) is 0 Å². The highest BCUT2D eigenvalue weighted by Crippen LogP contribution is 2.32. The van der Waals surface area contributed by atoms with E-state index in [0.717, 1.165) is 35.1 Å². The van der Waals surface area contributed by atoms with E-state index in [2.05, 4.69) is 53.6 Å². The predicted molar refractivity (Wildman–Crippen MR) is 100 cm³/mol. The summed E-state index contributed by atoms with van der Waals surface area (Å²) in [6.07, 6.45) is 4.69. The molecular weight excluding hydrogens is 314 g/mol. The smallest absolute Gasteiger partial charge is 0.406 e. The van der Waals surface area contributed by atoms with Crippen molar-refractivity contribution >= 4 is 21.9 Å².